The molecule has 3 amide bonds. The number of benzene rings is 1. The predicted octanol–water partition coefficient (Wildman–Crippen LogP) is 0.369. The van der Waals surface area contributed by atoms with E-state index in [-0.39, 0.29) is 30.2 Å². The molecule has 3 atom stereocenters. The Balaban J connectivity index is 1.50. The van der Waals surface area contributed by atoms with E-state index < -0.39 is 6.04 Å². The van der Waals surface area contributed by atoms with Crippen LogP contribution in [0, 0.1) is 0 Å². The minimum atomic E-state index is -0.562. The molecule has 3 heterocycles. The van der Waals surface area contributed by atoms with Gasteiger partial charge in [-0.15, -0.1) is 0 Å². The third-order valence-electron chi connectivity index (χ3n) is 5.71. The van der Waals surface area contributed by atoms with Gasteiger partial charge in [-0.3, -0.25) is 24.6 Å². The Hall–Kier alpha value is -2.25. The molecule has 0 aromatic heterocycles. The Bertz CT molecular complexity index is 778. The van der Waals surface area contributed by atoms with Crippen molar-refractivity contribution in [3.8, 4) is 0 Å². The summed E-state index contributed by atoms with van der Waals surface area (Å²) in [5.41, 5.74) is 8.81. The molecule has 0 bridgehead atoms. The fourth-order valence-corrected chi connectivity index (χ4v) is 4.32. The number of likely N-dealkylation sites (tertiary alicyclic amines) is 1. The van der Waals surface area contributed by atoms with Crippen LogP contribution in [0.4, 0.5) is 0 Å². The van der Waals surface area contributed by atoms with Gasteiger partial charge in [0.25, 0.3) is 5.91 Å². The van der Waals surface area contributed by atoms with Crippen molar-refractivity contribution < 1.29 is 14.4 Å². The van der Waals surface area contributed by atoms with Gasteiger partial charge in [0.05, 0.1) is 0 Å². The summed E-state index contributed by atoms with van der Waals surface area (Å²) < 4.78 is 0. The van der Waals surface area contributed by atoms with Crippen LogP contribution in [0.3, 0.4) is 0 Å². The van der Waals surface area contributed by atoms with E-state index >= 15 is 0 Å². The van der Waals surface area contributed by atoms with Gasteiger partial charge in [-0.25, -0.2) is 0 Å². The smallest absolute Gasteiger partial charge is 0.255 e. The van der Waals surface area contributed by atoms with Gasteiger partial charge in [0, 0.05) is 43.7 Å². The lowest BCUT2D eigenvalue weighted by Gasteiger charge is -2.29. The summed E-state index contributed by atoms with van der Waals surface area (Å²) in [6, 6.07) is 6.03. The average Bonchev–Trinajstić information content (AvgIpc) is 3.07. The van der Waals surface area contributed by atoms with E-state index in [0.29, 0.717) is 24.6 Å². The lowest BCUT2D eigenvalue weighted by atomic mass is 10.0. The van der Waals surface area contributed by atoms with Gasteiger partial charge in [0.2, 0.25) is 11.8 Å². The van der Waals surface area contributed by atoms with Crippen LogP contribution in [-0.2, 0) is 22.7 Å². The van der Waals surface area contributed by atoms with Crippen molar-refractivity contribution in [3.05, 3.63) is 34.9 Å². The van der Waals surface area contributed by atoms with Crippen molar-refractivity contribution in [1.82, 2.24) is 15.1 Å². The lowest BCUT2D eigenvalue weighted by Crippen LogP contribution is -2.52. The van der Waals surface area contributed by atoms with Crippen molar-refractivity contribution in [2.24, 2.45) is 5.73 Å². The van der Waals surface area contributed by atoms with Crippen LogP contribution in [0.2, 0.25) is 0 Å². The number of hydrogen-bond acceptors (Lipinski definition) is 5. The fourth-order valence-electron chi connectivity index (χ4n) is 4.32. The Morgan fingerprint density at radius 1 is 1.27 bits per heavy atom. The zero-order chi connectivity index (χ0) is 18.4. The number of hydrogen-bond donors (Lipinski definition) is 2. The molecule has 7 nitrogen and oxygen atoms in total. The van der Waals surface area contributed by atoms with Gasteiger partial charge in [0.1, 0.15) is 6.04 Å². The molecule has 2 saturated heterocycles. The highest BCUT2D eigenvalue weighted by atomic mass is 16.2. The number of imide groups is 1. The van der Waals surface area contributed by atoms with Gasteiger partial charge < -0.3 is 10.6 Å². The molecule has 0 saturated carbocycles. The number of nitrogens with zero attached hydrogens (tertiary/aromatic N) is 2. The summed E-state index contributed by atoms with van der Waals surface area (Å²) >= 11 is 0. The number of nitrogens with two attached hydrogens (primary N) is 1. The molecular formula is C19H24N4O3. The second-order valence-corrected chi connectivity index (χ2v) is 7.67. The van der Waals surface area contributed by atoms with Crippen molar-refractivity contribution in [2.45, 2.75) is 57.4 Å². The molecule has 26 heavy (non-hydrogen) atoms. The first-order valence-electron chi connectivity index (χ1n) is 9.18. The average molecular weight is 356 g/mol. The number of nitrogens with one attached hydrogen (secondary N) is 1. The van der Waals surface area contributed by atoms with Crippen molar-refractivity contribution in [1.29, 1.82) is 0 Å². The molecule has 0 spiro atoms. The van der Waals surface area contributed by atoms with Gasteiger partial charge in [0.15, 0.2) is 0 Å². The van der Waals surface area contributed by atoms with Crippen molar-refractivity contribution in [3.63, 3.8) is 0 Å². The Labute approximate surface area is 152 Å². The van der Waals surface area contributed by atoms with Crippen LogP contribution in [-0.4, -0.2) is 52.2 Å². The Kier molecular flexibility index (Phi) is 4.28. The number of amides is 3. The van der Waals surface area contributed by atoms with E-state index in [2.05, 4.69) is 23.2 Å². The van der Waals surface area contributed by atoms with Crippen LogP contribution in [0.1, 0.15) is 47.7 Å². The first-order valence-corrected chi connectivity index (χ1v) is 9.18. The maximum Gasteiger partial charge on any atom is 0.255 e. The molecular weight excluding hydrogens is 332 g/mol. The molecule has 3 N–H and O–H groups in total. The Morgan fingerprint density at radius 3 is 2.77 bits per heavy atom. The number of carbonyl (C=O) groups excluding carboxylic acids is 3. The van der Waals surface area contributed by atoms with E-state index in [4.69, 9.17) is 5.73 Å². The fraction of sp³-hybridized carbons (Fsp3) is 0.526. The first kappa shape index (κ1) is 17.2. The standard InChI is InChI=1S/C19H24N4O3/c1-11-6-14(20)10-22(11)8-12-2-3-15-13(7-12)9-23(19(15)26)16-4-5-17(24)21-18(16)25/h2-3,7,11,14,16H,4-6,8-10,20H2,1H3,(H,21,24,25). The maximum absolute atomic E-state index is 12.7. The quantitative estimate of drug-likeness (QED) is 0.763. The molecule has 3 aliphatic heterocycles. The van der Waals surface area contributed by atoms with E-state index in [1.165, 1.54) is 0 Å². The van der Waals surface area contributed by atoms with E-state index in [1.807, 2.05) is 12.1 Å². The third-order valence-corrected chi connectivity index (χ3v) is 5.71. The van der Waals surface area contributed by atoms with Gasteiger partial charge in [-0.2, -0.15) is 0 Å². The second kappa shape index (κ2) is 6.48. The van der Waals surface area contributed by atoms with E-state index in [0.717, 1.165) is 30.6 Å². The molecule has 4 rings (SSSR count). The Morgan fingerprint density at radius 2 is 2.08 bits per heavy atom. The summed E-state index contributed by atoms with van der Waals surface area (Å²) in [7, 11) is 0. The van der Waals surface area contributed by atoms with E-state index in [1.54, 1.807) is 4.90 Å². The zero-order valence-corrected chi connectivity index (χ0v) is 14.9. The minimum Gasteiger partial charge on any atom is -0.326 e. The third kappa shape index (κ3) is 3.01. The lowest BCUT2D eigenvalue weighted by molar-refractivity contribution is -0.136. The minimum absolute atomic E-state index is 0.127. The number of rotatable bonds is 3. The highest BCUT2D eigenvalue weighted by Crippen LogP contribution is 2.29. The molecule has 3 unspecified atom stereocenters. The highest BCUT2D eigenvalue weighted by molar-refractivity contribution is 6.05. The molecule has 0 aliphatic carbocycles. The van der Waals surface area contributed by atoms with Crippen LogP contribution in [0.25, 0.3) is 0 Å². The molecule has 138 valence electrons. The van der Waals surface area contributed by atoms with Gasteiger partial charge in [-0.1, -0.05) is 12.1 Å². The zero-order valence-electron chi connectivity index (χ0n) is 14.9. The summed E-state index contributed by atoms with van der Waals surface area (Å²) in [6.45, 7) is 4.31. The van der Waals surface area contributed by atoms with Crippen LogP contribution in [0.15, 0.2) is 18.2 Å². The predicted molar refractivity (Wildman–Crippen MR) is 95.0 cm³/mol. The SMILES string of the molecule is CC1CC(N)CN1Cc1ccc2c(c1)CN(C1CCC(=O)NC1=O)C2=O. The summed E-state index contributed by atoms with van der Waals surface area (Å²) in [6.07, 6.45) is 1.67. The van der Waals surface area contributed by atoms with Crippen LogP contribution < -0.4 is 11.1 Å². The normalized spacial score (nSPS) is 29.2. The molecule has 0 radical (unpaired) electrons. The summed E-state index contributed by atoms with van der Waals surface area (Å²) in [5.74, 6) is -0.768. The molecule has 7 heteroatoms. The number of fused-ring (bicyclic) bond motifs is 1. The summed E-state index contributed by atoms with van der Waals surface area (Å²) in [4.78, 5) is 40.1. The van der Waals surface area contributed by atoms with Crippen molar-refractivity contribution in [2.75, 3.05) is 6.54 Å². The van der Waals surface area contributed by atoms with Crippen LogP contribution >= 0.6 is 0 Å². The second-order valence-electron chi connectivity index (χ2n) is 7.67. The molecule has 2 fully saturated rings. The van der Waals surface area contributed by atoms with Crippen molar-refractivity contribution >= 4 is 17.7 Å². The maximum atomic E-state index is 12.7. The van der Waals surface area contributed by atoms with Gasteiger partial charge in [-0.05, 0) is 37.0 Å². The molecule has 3 aliphatic rings. The van der Waals surface area contributed by atoms with E-state index in [9.17, 15) is 14.4 Å². The largest absolute Gasteiger partial charge is 0.326 e. The first-order chi connectivity index (χ1) is 12.4. The number of carbonyl (C=O) groups is 3. The van der Waals surface area contributed by atoms with Gasteiger partial charge >= 0.3 is 0 Å². The molecule has 1 aromatic carbocycles. The highest BCUT2D eigenvalue weighted by Gasteiger charge is 2.39. The topological polar surface area (TPSA) is 95.7 Å². The molecule has 1 aromatic rings. The monoisotopic (exact) mass is 356 g/mol. The summed E-state index contributed by atoms with van der Waals surface area (Å²) in [5, 5.41) is 2.33. The number of piperidine rings is 1. The van der Waals surface area contributed by atoms with Crippen LogP contribution in [0.5, 0.6) is 0 Å².